The van der Waals surface area contributed by atoms with Crippen molar-refractivity contribution in [2.75, 3.05) is 0 Å². The molecule has 0 saturated heterocycles. The first-order chi connectivity index (χ1) is 26.8. The van der Waals surface area contributed by atoms with Gasteiger partial charge in [-0.1, -0.05) is 170 Å². The molecule has 0 saturated carbocycles. The van der Waals surface area contributed by atoms with E-state index >= 15 is 0 Å². The zero-order valence-corrected chi connectivity index (χ0v) is 29.2. The zero-order chi connectivity index (χ0) is 35.6. The first-order valence-corrected chi connectivity index (χ1v) is 18.4. The van der Waals surface area contributed by atoms with Crippen molar-refractivity contribution in [1.29, 1.82) is 0 Å². The second kappa shape index (κ2) is 12.2. The number of fused-ring (bicyclic) bond motifs is 10. The maximum Gasteiger partial charge on any atom is 0.160 e. The van der Waals surface area contributed by atoms with E-state index in [1.165, 1.54) is 48.5 Å². The third-order valence-corrected chi connectivity index (χ3v) is 10.8. The Morgan fingerprint density at radius 1 is 0.278 bits per heavy atom. The Balaban J connectivity index is 1.05. The molecular formula is C51H31N3. The van der Waals surface area contributed by atoms with Crippen LogP contribution in [0.3, 0.4) is 0 Å². The molecule has 0 unspecified atom stereocenters. The van der Waals surface area contributed by atoms with E-state index in [0.29, 0.717) is 5.82 Å². The molecular weight excluding hydrogens is 655 g/mol. The van der Waals surface area contributed by atoms with Crippen molar-refractivity contribution in [1.82, 2.24) is 15.0 Å². The molecule has 0 amide bonds. The molecule has 0 aliphatic rings. The number of hydrogen-bond donors (Lipinski definition) is 0. The van der Waals surface area contributed by atoms with E-state index in [2.05, 4.69) is 182 Å². The van der Waals surface area contributed by atoms with Gasteiger partial charge in [0.1, 0.15) is 0 Å². The molecule has 0 atom stereocenters. The molecule has 0 N–H and O–H groups in total. The lowest BCUT2D eigenvalue weighted by atomic mass is 9.89. The van der Waals surface area contributed by atoms with E-state index in [-0.39, 0.29) is 0 Å². The normalized spacial score (nSPS) is 11.7. The van der Waals surface area contributed by atoms with Crippen molar-refractivity contribution in [3.63, 3.8) is 0 Å². The fraction of sp³-hybridized carbons (Fsp3) is 0. The molecule has 2 heterocycles. The molecule has 250 valence electrons. The minimum atomic E-state index is 0.711. The summed E-state index contributed by atoms with van der Waals surface area (Å²) in [6, 6.07) is 66.7. The second-order valence-electron chi connectivity index (χ2n) is 13.9. The lowest BCUT2D eigenvalue weighted by Crippen LogP contribution is -1.96. The Morgan fingerprint density at radius 2 is 0.815 bits per heavy atom. The van der Waals surface area contributed by atoms with Crippen LogP contribution in [0.4, 0.5) is 0 Å². The van der Waals surface area contributed by atoms with E-state index in [1.54, 1.807) is 0 Å². The van der Waals surface area contributed by atoms with E-state index in [4.69, 9.17) is 15.0 Å². The average Bonchev–Trinajstić information content (AvgIpc) is 3.25. The molecule has 0 aliphatic heterocycles. The molecule has 0 fully saturated rings. The van der Waals surface area contributed by atoms with Crippen molar-refractivity contribution in [2.24, 2.45) is 0 Å². The maximum atomic E-state index is 5.38. The smallest absolute Gasteiger partial charge is 0.160 e. The molecule has 11 aromatic rings. The summed E-state index contributed by atoms with van der Waals surface area (Å²) in [6.45, 7) is 0. The first-order valence-electron chi connectivity index (χ1n) is 18.4. The average molecular weight is 686 g/mol. The van der Waals surface area contributed by atoms with Gasteiger partial charge in [-0.2, -0.15) is 0 Å². The lowest BCUT2D eigenvalue weighted by molar-refractivity contribution is 1.23. The molecule has 3 heteroatoms. The largest absolute Gasteiger partial charge is 0.247 e. The van der Waals surface area contributed by atoms with E-state index < -0.39 is 0 Å². The SMILES string of the molecule is c1cc(-c2ccc(-c3nc(-c4cccc5ccccc45)c4ccccc4n3)cc2)cc(-c2nc3ccccc3c3c4ccccc4c4ccccc4c23)c1. The number of pyridine rings is 1. The standard InChI is InChI=1S/C51H31N3/c1-2-17-37-33(13-1)14-12-24-42(37)50-44-23-8-10-26-46(44)53-51(54-50)34-29-27-32(28-30-34)35-15-11-16-36(31-35)49-48-41-21-6-4-19-39(41)38-18-3-5-20-40(38)47(48)43-22-7-9-25-45(43)52-49/h1-31H. The Hall–Kier alpha value is -7.23. The third kappa shape index (κ3) is 4.79. The minimum absolute atomic E-state index is 0.711. The monoisotopic (exact) mass is 685 g/mol. The van der Waals surface area contributed by atoms with Gasteiger partial charge in [-0.3, -0.25) is 0 Å². The predicted octanol–water partition coefficient (Wildman–Crippen LogP) is 13.5. The lowest BCUT2D eigenvalue weighted by Gasteiger charge is -2.16. The third-order valence-electron chi connectivity index (χ3n) is 10.8. The summed E-state index contributed by atoms with van der Waals surface area (Å²) >= 11 is 0. The highest BCUT2D eigenvalue weighted by Gasteiger charge is 2.18. The van der Waals surface area contributed by atoms with Crippen LogP contribution >= 0.6 is 0 Å². The number of nitrogens with zero attached hydrogens (tertiary/aromatic N) is 3. The summed E-state index contributed by atoms with van der Waals surface area (Å²) < 4.78 is 0. The Labute approximate surface area is 311 Å². The first kappa shape index (κ1) is 30.4. The van der Waals surface area contributed by atoms with Gasteiger partial charge in [0.25, 0.3) is 0 Å². The molecule has 9 aromatic carbocycles. The van der Waals surface area contributed by atoms with Crippen LogP contribution in [0.5, 0.6) is 0 Å². The summed E-state index contributed by atoms with van der Waals surface area (Å²) in [6.07, 6.45) is 0. The number of para-hydroxylation sites is 2. The number of hydrogen-bond acceptors (Lipinski definition) is 3. The van der Waals surface area contributed by atoms with Gasteiger partial charge in [-0.05, 0) is 61.6 Å². The summed E-state index contributed by atoms with van der Waals surface area (Å²) in [5.74, 6) is 0.711. The maximum absolute atomic E-state index is 5.38. The van der Waals surface area contributed by atoms with Crippen LogP contribution < -0.4 is 0 Å². The van der Waals surface area contributed by atoms with Crippen LogP contribution in [0.25, 0.3) is 110 Å². The van der Waals surface area contributed by atoms with Gasteiger partial charge in [0.2, 0.25) is 0 Å². The molecule has 0 radical (unpaired) electrons. The van der Waals surface area contributed by atoms with Crippen LogP contribution in [0, 0.1) is 0 Å². The molecule has 3 nitrogen and oxygen atoms in total. The number of rotatable bonds is 4. The van der Waals surface area contributed by atoms with Gasteiger partial charge in [0, 0.05) is 38.2 Å². The fourth-order valence-electron chi connectivity index (χ4n) is 8.34. The highest BCUT2D eigenvalue weighted by Crippen LogP contribution is 2.43. The Bertz CT molecular complexity index is 3270. The van der Waals surface area contributed by atoms with Crippen LogP contribution in [0.15, 0.2) is 188 Å². The Morgan fingerprint density at radius 3 is 1.57 bits per heavy atom. The van der Waals surface area contributed by atoms with Crippen molar-refractivity contribution in [2.45, 2.75) is 0 Å². The molecule has 0 bridgehead atoms. The molecule has 54 heavy (non-hydrogen) atoms. The van der Waals surface area contributed by atoms with Gasteiger partial charge in [0.05, 0.1) is 22.4 Å². The minimum Gasteiger partial charge on any atom is -0.247 e. The predicted molar refractivity (Wildman–Crippen MR) is 227 cm³/mol. The topological polar surface area (TPSA) is 38.7 Å². The summed E-state index contributed by atoms with van der Waals surface area (Å²) in [7, 11) is 0. The summed E-state index contributed by atoms with van der Waals surface area (Å²) in [4.78, 5) is 15.7. The van der Waals surface area contributed by atoms with Gasteiger partial charge in [-0.25, -0.2) is 15.0 Å². The summed E-state index contributed by atoms with van der Waals surface area (Å²) in [5.41, 5.74) is 9.28. The van der Waals surface area contributed by atoms with Crippen LogP contribution in [-0.4, -0.2) is 15.0 Å². The Kier molecular flexibility index (Phi) is 6.86. The van der Waals surface area contributed by atoms with Crippen LogP contribution in [0.2, 0.25) is 0 Å². The number of aromatic nitrogens is 3. The van der Waals surface area contributed by atoms with Gasteiger partial charge in [0.15, 0.2) is 5.82 Å². The van der Waals surface area contributed by atoms with Crippen molar-refractivity contribution in [3.8, 4) is 45.0 Å². The van der Waals surface area contributed by atoms with Crippen molar-refractivity contribution >= 4 is 64.9 Å². The van der Waals surface area contributed by atoms with E-state index in [1.807, 2.05) is 6.07 Å². The van der Waals surface area contributed by atoms with Gasteiger partial charge >= 0.3 is 0 Å². The van der Waals surface area contributed by atoms with E-state index in [9.17, 15) is 0 Å². The zero-order valence-electron chi connectivity index (χ0n) is 29.2. The molecule has 2 aromatic heterocycles. The van der Waals surface area contributed by atoms with Crippen molar-refractivity contribution in [3.05, 3.63) is 188 Å². The van der Waals surface area contributed by atoms with Gasteiger partial charge < -0.3 is 0 Å². The highest BCUT2D eigenvalue weighted by atomic mass is 14.9. The molecule has 0 aliphatic carbocycles. The van der Waals surface area contributed by atoms with Crippen LogP contribution in [0.1, 0.15) is 0 Å². The highest BCUT2D eigenvalue weighted by molar-refractivity contribution is 6.33. The second-order valence-corrected chi connectivity index (χ2v) is 13.9. The van der Waals surface area contributed by atoms with Crippen LogP contribution in [-0.2, 0) is 0 Å². The van der Waals surface area contributed by atoms with E-state index in [0.717, 1.165) is 55.6 Å². The molecule has 0 spiro atoms. The molecule has 11 rings (SSSR count). The van der Waals surface area contributed by atoms with Gasteiger partial charge in [-0.15, -0.1) is 0 Å². The summed E-state index contributed by atoms with van der Waals surface area (Å²) in [5, 5.41) is 12.0. The van der Waals surface area contributed by atoms with Crippen molar-refractivity contribution < 1.29 is 0 Å². The quantitative estimate of drug-likeness (QED) is 0.173. The number of benzene rings is 9. The fourth-order valence-corrected chi connectivity index (χ4v) is 8.34.